The summed E-state index contributed by atoms with van der Waals surface area (Å²) in [6.45, 7) is 8.63. The lowest BCUT2D eigenvalue weighted by molar-refractivity contribution is 0.546. The van der Waals surface area contributed by atoms with Gasteiger partial charge in [-0.1, -0.05) is 49.9 Å². The molecular weight excluding hydrogens is 437 g/mol. The maximum Gasteiger partial charge on any atom is 0.142 e. The van der Waals surface area contributed by atoms with Crippen molar-refractivity contribution in [3.05, 3.63) is 70.3 Å². The van der Waals surface area contributed by atoms with E-state index in [4.69, 9.17) is 0 Å². The van der Waals surface area contributed by atoms with Crippen LogP contribution in [0.5, 0.6) is 0 Å². The molecule has 0 aliphatic carbocycles. The fourth-order valence-corrected chi connectivity index (χ4v) is 5.26. The number of pyridine rings is 1. The van der Waals surface area contributed by atoms with E-state index in [1.807, 2.05) is 32.1 Å². The Kier molecular flexibility index (Phi) is 11.3. The molecular formula is C26H36FN3S2. The van der Waals surface area contributed by atoms with Crippen molar-refractivity contribution < 1.29 is 4.39 Å². The van der Waals surface area contributed by atoms with Gasteiger partial charge in [0.25, 0.3) is 0 Å². The molecule has 1 aromatic rings. The molecule has 1 aliphatic heterocycles. The third kappa shape index (κ3) is 8.99. The van der Waals surface area contributed by atoms with E-state index in [1.54, 1.807) is 24.0 Å². The van der Waals surface area contributed by atoms with Crippen molar-refractivity contribution in [2.45, 2.75) is 46.6 Å². The molecule has 0 N–H and O–H groups in total. The van der Waals surface area contributed by atoms with Crippen molar-refractivity contribution in [1.29, 1.82) is 0 Å². The average Bonchev–Trinajstić information content (AvgIpc) is 2.76. The van der Waals surface area contributed by atoms with Crippen LogP contribution in [-0.2, 0) is 0 Å². The fourth-order valence-electron chi connectivity index (χ4n) is 3.13. The Morgan fingerprint density at radius 1 is 1.34 bits per heavy atom. The number of allylic oxidation sites excluding steroid dienone is 4. The summed E-state index contributed by atoms with van der Waals surface area (Å²) < 4.78 is 13.7. The lowest BCUT2D eigenvalue weighted by Gasteiger charge is -2.20. The van der Waals surface area contributed by atoms with E-state index in [2.05, 4.69) is 66.9 Å². The van der Waals surface area contributed by atoms with E-state index in [0.717, 1.165) is 39.8 Å². The van der Waals surface area contributed by atoms with E-state index in [9.17, 15) is 4.39 Å². The number of aliphatic imine (C=N–C) groups is 1. The molecule has 0 fully saturated rings. The van der Waals surface area contributed by atoms with Crippen molar-refractivity contribution >= 4 is 34.6 Å². The zero-order chi connectivity index (χ0) is 23.5. The normalized spacial score (nSPS) is 18.5. The van der Waals surface area contributed by atoms with Crippen LogP contribution in [0.25, 0.3) is 4.91 Å². The summed E-state index contributed by atoms with van der Waals surface area (Å²) in [4.78, 5) is 11.7. The van der Waals surface area contributed by atoms with Gasteiger partial charge in [-0.25, -0.2) is 4.39 Å². The zero-order valence-corrected chi connectivity index (χ0v) is 21.8. The standard InChI is InChI=1S/C26H36FN3S2/c1-7-8-25(23-13-24(27)16-28-15-23)32-26(30(5)6)20(3)10-9-19(2)17-31-18-22-12-11-21(4)29-14-22/h8-10,12-16,19,21H,7,11,17-18H2,1-6H3/b10-9+,25-8-,26-20+. The zero-order valence-electron chi connectivity index (χ0n) is 20.1. The predicted molar refractivity (Wildman–Crippen MR) is 143 cm³/mol. The molecule has 2 atom stereocenters. The largest absolute Gasteiger partial charge is 0.372 e. The summed E-state index contributed by atoms with van der Waals surface area (Å²) in [7, 11) is 4.10. The summed E-state index contributed by atoms with van der Waals surface area (Å²) in [5.74, 6) is 2.26. The second-order valence-corrected chi connectivity index (χ2v) is 10.4. The van der Waals surface area contributed by atoms with Crippen LogP contribution >= 0.6 is 23.5 Å². The minimum atomic E-state index is -0.312. The smallest absolute Gasteiger partial charge is 0.142 e. The molecule has 0 radical (unpaired) electrons. The first-order chi connectivity index (χ1) is 15.3. The topological polar surface area (TPSA) is 28.5 Å². The number of hydrogen-bond acceptors (Lipinski definition) is 5. The summed E-state index contributed by atoms with van der Waals surface area (Å²) in [6, 6.07) is 1.97. The van der Waals surface area contributed by atoms with Crippen molar-refractivity contribution in [1.82, 2.24) is 9.88 Å². The molecule has 0 spiro atoms. The lowest BCUT2D eigenvalue weighted by atomic mass is 10.1. The van der Waals surface area contributed by atoms with Crippen molar-refractivity contribution in [2.24, 2.45) is 10.9 Å². The molecule has 0 amide bonds. The summed E-state index contributed by atoms with van der Waals surface area (Å²) in [6.07, 6.45) is 15.9. The quantitative estimate of drug-likeness (QED) is 0.317. The highest BCUT2D eigenvalue weighted by Gasteiger charge is 2.12. The number of halogens is 1. The van der Waals surface area contributed by atoms with Crippen LogP contribution in [0, 0.1) is 11.7 Å². The van der Waals surface area contributed by atoms with Gasteiger partial charge < -0.3 is 4.90 Å². The second kappa shape index (κ2) is 13.7. The van der Waals surface area contributed by atoms with E-state index >= 15 is 0 Å². The number of thioether (sulfide) groups is 2. The highest BCUT2D eigenvalue weighted by Crippen LogP contribution is 2.37. The molecule has 2 unspecified atom stereocenters. The van der Waals surface area contributed by atoms with Crippen LogP contribution in [-0.4, -0.2) is 47.7 Å². The van der Waals surface area contributed by atoms with Crippen molar-refractivity contribution in [3.8, 4) is 0 Å². The van der Waals surface area contributed by atoms with E-state index in [-0.39, 0.29) is 5.82 Å². The Hall–Kier alpha value is -1.79. The number of aromatic nitrogens is 1. The molecule has 1 aromatic heterocycles. The monoisotopic (exact) mass is 473 g/mol. The Morgan fingerprint density at radius 2 is 2.12 bits per heavy atom. The van der Waals surface area contributed by atoms with Crippen LogP contribution in [0.1, 0.15) is 46.1 Å². The molecule has 32 heavy (non-hydrogen) atoms. The van der Waals surface area contributed by atoms with Gasteiger partial charge in [-0.15, -0.1) is 0 Å². The van der Waals surface area contributed by atoms with Crippen LogP contribution in [0.15, 0.2) is 63.9 Å². The van der Waals surface area contributed by atoms with Crippen LogP contribution in [0.2, 0.25) is 0 Å². The maximum absolute atomic E-state index is 13.7. The Balaban J connectivity index is 2.02. The van der Waals surface area contributed by atoms with E-state index < -0.39 is 0 Å². The number of hydrogen-bond donors (Lipinski definition) is 0. The fraction of sp³-hybridized carbons (Fsp3) is 0.462. The summed E-state index contributed by atoms with van der Waals surface area (Å²) in [5, 5.41) is 1.14. The molecule has 6 heteroatoms. The number of rotatable bonds is 11. The highest BCUT2D eigenvalue weighted by atomic mass is 32.2. The van der Waals surface area contributed by atoms with Gasteiger partial charge in [-0.3, -0.25) is 9.98 Å². The maximum atomic E-state index is 13.7. The third-order valence-corrected chi connectivity index (χ3v) is 7.67. The highest BCUT2D eigenvalue weighted by molar-refractivity contribution is 8.11. The van der Waals surface area contributed by atoms with Crippen molar-refractivity contribution in [3.63, 3.8) is 0 Å². The first-order valence-electron chi connectivity index (χ1n) is 11.1. The minimum absolute atomic E-state index is 0.312. The van der Waals surface area contributed by atoms with Gasteiger partial charge in [0.1, 0.15) is 5.82 Å². The second-order valence-electron chi connectivity index (χ2n) is 8.35. The number of nitrogens with zero attached hydrogens (tertiary/aromatic N) is 3. The molecule has 2 heterocycles. The van der Waals surface area contributed by atoms with Gasteiger partial charge in [0.05, 0.1) is 17.3 Å². The van der Waals surface area contributed by atoms with Gasteiger partial charge in [0, 0.05) is 42.7 Å². The molecule has 2 rings (SSSR count). The van der Waals surface area contributed by atoms with Gasteiger partial charge >= 0.3 is 0 Å². The molecule has 174 valence electrons. The van der Waals surface area contributed by atoms with Crippen LogP contribution in [0.3, 0.4) is 0 Å². The Labute approximate surface area is 202 Å². The molecule has 3 nitrogen and oxygen atoms in total. The molecule has 0 bridgehead atoms. The molecule has 0 saturated carbocycles. The van der Waals surface area contributed by atoms with E-state index in [0.29, 0.717) is 12.0 Å². The summed E-state index contributed by atoms with van der Waals surface area (Å²) in [5.41, 5.74) is 3.35. The van der Waals surface area contributed by atoms with Crippen molar-refractivity contribution in [2.75, 3.05) is 25.6 Å². The molecule has 1 aliphatic rings. The van der Waals surface area contributed by atoms with Gasteiger partial charge in [-0.05, 0) is 55.6 Å². The first kappa shape index (κ1) is 26.5. The van der Waals surface area contributed by atoms with Gasteiger partial charge in [0.2, 0.25) is 0 Å². The predicted octanol–water partition coefficient (Wildman–Crippen LogP) is 7.21. The van der Waals surface area contributed by atoms with Gasteiger partial charge in [0.15, 0.2) is 0 Å². The molecule has 0 saturated heterocycles. The lowest BCUT2D eigenvalue weighted by Crippen LogP contribution is -2.10. The van der Waals surface area contributed by atoms with Crippen LogP contribution < -0.4 is 0 Å². The minimum Gasteiger partial charge on any atom is -0.372 e. The third-order valence-electron chi connectivity index (χ3n) is 4.87. The Morgan fingerprint density at radius 3 is 2.75 bits per heavy atom. The summed E-state index contributed by atoms with van der Waals surface area (Å²) >= 11 is 3.62. The Bertz CT molecular complexity index is 900. The SMILES string of the molecule is CC/C=C(\S/C(=C(C)/C=C/C(C)CSCC1=CCC(C)N=C1)N(C)C)c1cncc(F)c1. The molecule has 0 aromatic carbocycles. The average molecular weight is 474 g/mol. The number of dihydropyridines is 1. The van der Waals surface area contributed by atoms with Gasteiger partial charge in [-0.2, -0.15) is 11.8 Å². The van der Waals surface area contributed by atoms with Crippen LogP contribution in [0.4, 0.5) is 4.39 Å². The first-order valence-corrected chi connectivity index (χ1v) is 13.1. The van der Waals surface area contributed by atoms with E-state index in [1.165, 1.54) is 17.3 Å².